The zero-order chi connectivity index (χ0) is 11.5. The summed E-state index contributed by atoms with van der Waals surface area (Å²) >= 11 is 0. The van der Waals surface area contributed by atoms with Crippen molar-refractivity contribution < 1.29 is 9.90 Å². The maximum absolute atomic E-state index is 12.0. The molecule has 1 amide bonds. The predicted octanol–water partition coefficient (Wildman–Crippen LogP) is 0.292. The maximum Gasteiger partial charge on any atom is 0.246 e. The van der Waals surface area contributed by atoms with E-state index in [-0.39, 0.29) is 12.5 Å². The minimum Gasteiger partial charge on any atom is -0.394 e. The molecule has 2 rings (SSSR count). The standard InChI is InChI=1S/C12H16N2O2/c1-9-4-2-3-5-11(9)14-7-6-13-10(8-15)12(14)16/h2-5,10,13,15H,6-8H2,1H3. The number of rotatable bonds is 2. The predicted molar refractivity (Wildman–Crippen MR) is 62.4 cm³/mol. The molecule has 1 heterocycles. The summed E-state index contributed by atoms with van der Waals surface area (Å²) in [5.74, 6) is -0.0527. The van der Waals surface area contributed by atoms with Gasteiger partial charge in [-0.15, -0.1) is 0 Å². The topological polar surface area (TPSA) is 52.6 Å². The van der Waals surface area contributed by atoms with Crippen molar-refractivity contribution in [3.8, 4) is 0 Å². The molecule has 1 saturated heterocycles. The molecule has 4 heteroatoms. The Morgan fingerprint density at radius 3 is 2.94 bits per heavy atom. The van der Waals surface area contributed by atoms with Gasteiger partial charge in [-0.1, -0.05) is 18.2 Å². The van der Waals surface area contributed by atoms with Crippen molar-refractivity contribution in [2.75, 3.05) is 24.6 Å². The zero-order valence-electron chi connectivity index (χ0n) is 9.31. The lowest BCUT2D eigenvalue weighted by Crippen LogP contribution is -2.56. The normalized spacial score (nSPS) is 21.2. The molecule has 1 aliphatic rings. The third kappa shape index (κ3) is 1.94. The number of hydrogen-bond acceptors (Lipinski definition) is 3. The summed E-state index contributed by atoms with van der Waals surface area (Å²) in [6.45, 7) is 3.20. The Hall–Kier alpha value is -1.39. The summed E-state index contributed by atoms with van der Waals surface area (Å²) in [5, 5.41) is 12.1. The van der Waals surface area contributed by atoms with Crippen LogP contribution in [0.25, 0.3) is 0 Å². The van der Waals surface area contributed by atoms with E-state index in [0.717, 1.165) is 11.3 Å². The molecular weight excluding hydrogens is 204 g/mol. The number of nitrogens with zero attached hydrogens (tertiary/aromatic N) is 1. The fraction of sp³-hybridized carbons (Fsp3) is 0.417. The average molecular weight is 220 g/mol. The smallest absolute Gasteiger partial charge is 0.246 e. The molecule has 1 aromatic carbocycles. The summed E-state index contributed by atoms with van der Waals surface area (Å²) in [6.07, 6.45) is 0. The van der Waals surface area contributed by atoms with Gasteiger partial charge in [0.15, 0.2) is 0 Å². The number of nitrogens with one attached hydrogen (secondary N) is 1. The second-order valence-electron chi connectivity index (χ2n) is 3.97. The highest BCUT2D eigenvalue weighted by Crippen LogP contribution is 2.21. The highest BCUT2D eigenvalue weighted by molar-refractivity contribution is 5.98. The van der Waals surface area contributed by atoms with Crippen molar-refractivity contribution in [1.29, 1.82) is 0 Å². The van der Waals surface area contributed by atoms with Crippen molar-refractivity contribution in [3.63, 3.8) is 0 Å². The molecule has 86 valence electrons. The summed E-state index contributed by atoms with van der Waals surface area (Å²) in [4.78, 5) is 13.8. The Morgan fingerprint density at radius 2 is 2.25 bits per heavy atom. The van der Waals surface area contributed by atoms with E-state index in [1.165, 1.54) is 0 Å². The van der Waals surface area contributed by atoms with Gasteiger partial charge >= 0.3 is 0 Å². The first-order valence-corrected chi connectivity index (χ1v) is 5.45. The molecule has 1 fully saturated rings. The molecule has 1 atom stereocenters. The first-order valence-electron chi connectivity index (χ1n) is 5.45. The van der Waals surface area contributed by atoms with Gasteiger partial charge in [-0.3, -0.25) is 4.79 Å². The number of para-hydroxylation sites is 1. The van der Waals surface area contributed by atoms with Gasteiger partial charge in [-0.05, 0) is 18.6 Å². The quantitative estimate of drug-likeness (QED) is 0.753. The third-order valence-electron chi connectivity index (χ3n) is 2.88. The second-order valence-corrected chi connectivity index (χ2v) is 3.97. The molecule has 0 bridgehead atoms. The molecule has 0 saturated carbocycles. The molecule has 0 aliphatic carbocycles. The Balaban J connectivity index is 2.27. The van der Waals surface area contributed by atoms with Gasteiger partial charge < -0.3 is 15.3 Å². The highest BCUT2D eigenvalue weighted by atomic mass is 16.3. The SMILES string of the molecule is Cc1ccccc1N1CCNC(CO)C1=O. The molecule has 1 unspecified atom stereocenters. The van der Waals surface area contributed by atoms with Gasteiger partial charge in [-0.2, -0.15) is 0 Å². The van der Waals surface area contributed by atoms with E-state index >= 15 is 0 Å². The van der Waals surface area contributed by atoms with Crippen LogP contribution in [0.2, 0.25) is 0 Å². The number of carbonyl (C=O) groups excluding carboxylic acids is 1. The Kier molecular flexibility index (Phi) is 3.22. The van der Waals surface area contributed by atoms with E-state index in [0.29, 0.717) is 13.1 Å². The number of carbonyl (C=O) groups is 1. The van der Waals surface area contributed by atoms with Gasteiger partial charge in [0.25, 0.3) is 0 Å². The van der Waals surface area contributed by atoms with Gasteiger partial charge in [-0.25, -0.2) is 0 Å². The molecule has 0 spiro atoms. The summed E-state index contributed by atoms with van der Waals surface area (Å²) in [5.41, 5.74) is 2.02. The van der Waals surface area contributed by atoms with Crippen molar-refractivity contribution in [1.82, 2.24) is 5.32 Å². The first-order chi connectivity index (χ1) is 7.74. The minimum atomic E-state index is -0.464. The summed E-state index contributed by atoms with van der Waals surface area (Å²) in [7, 11) is 0. The monoisotopic (exact) mass is 220 g/mol. The van der Waals surface area contributed by atoms with Gasteiger partial charge in [0.05, 0.1) is 6.61 Å². The molecule has 1 aromatic rings. The van der Waals surface area contributed by atoms with Crippen molar-refractivity contribution in [2.24, 2.45) is 0 Å². The first kappa shape index (κ1) is 11.1. The van der Waals surface area contributed by atoms with E-state index in [1.807, 2.05) is 31.2 Å². The van der Waals surface area contributed by atoms with Gasteiger partial charge in [0.2, 0.25) is 5.91 Å². The Bertz CT molecular complexity index is 392. The molecular formula is C12H16N2O2. The average Bonchev–Trinajstić information content (AvgIpc) is 2.31. The number of aryl methyl sites for hydroxylation is 1. The van der Waals surface area contributed by atoms with Crippen LogP contribution in [0, 0.1) is 6.92 Å². The summed E-state index contributed by atoms with van der Waals surface area (Å²) in [6, 6.07) is 7.33. The lowest BCUT2D eigenvalue weighted by molar-refractivity contribution is -0.122. The summed E-state index contributed by atoms with van der Waals surface area (Å²) < 4.78 is 0. The van der Waals surface area contributed by atoms with E-state index < -0.39 is 6.04 Å². The number of hydrogen-bond donors (Lipinski definition) is 2. The van der Waals surface area contributed by atoms with Gasteiger partial charge in [0.1, 0.15) is 6.04 Å². The molecule has 0 radical (unpaired) electrons. The van der Waals surface area contributed by atoms with Crippen LogP contribution < -0.4 is 10.2 Å². The number of aliphatic hydroxyl groups excluding tert-OH is 1. The van der Waals surface area contributed by atoms with E-state index in [1.54, 1.807) is 4.90 Å². The lowest BCUT2D eigenvalue weighted by atomic mass is 10.1. The van der Waals surface area contributed by atoms with E-state index in [4.69, 9.17) is 5.11 Å². The Labute approximate surface area is 94.9 Å². The molecule has 1 aliphatic heterocycles. The number of amides is 1. The minimum absolute atomic E-state index is 0.0527. The van der Waals surface area contributed by atoms with E-state index in [2.05, 4.69) is 5.32 Å². The fourth-order valence-electron chi connectivity index (χ4n) is 1.98. The number of benzene rings is 1. The fourth-order valence-corrected chi connectivity index (χ4v) is 1.98. The third-order valence-corrected chi connectivity index (χ3v) is 2.88. The number of anilines is 1. The number of aliphatic hydroxyl groups is 1. The number of piperazine rings is 1. The van der Waals surface area contributed by atoms with Crippen molar-refractivity contribution in [3.05, 3.63) is 29.8 Å². The van der Waals surface area contributed by atoms with Crippen LogP contribution in [0.5, 0.6) is 0 Å². The van der Waals surface area contributed by atoms with Crippen LogP contribution in [0.1, 0.15) is 5.56 Å². The van der Waals surface area contributed by atoms with Crippen LogP contribution in [0.15, 0.2) is 24.3 Å². The molecule has 16 heavy (non-hydrogen) atoms. The van der Waals surface area contributed by atoms with Crippen molar-refractivity contribution in [2.45, 2.75) is 13.0 Å². The second kappa shape index (κ2) is 4.63. The maximum atomic E-state index is 12.0. The largest absolute Gasteiger partial charge is 0.394 e. The molecule has 2 N–H and O–H groups in total. The molecule has 4 nitrogen and oxygen atoms in total. The van der Waals surface area contributed by atoms with Crippen LogP contribution >= 0.6 is 0 Å². The van der Waals surface area contributed by atoms with Crippen LogP contribution in [0.4, 0.5) is 5.69 Å². The lowest BCUT2D eigenvalue weighted by Gasteiger charge is -2.33. The van der Waals surface area contributed by atoms with Crippen LogP contribution in [0.3, 0.4) is 0 Å². The highest BCUT2D eigenvalue weighted by Gasteiger charge is 2.28. The van der Waals surface area contributed by atoms with Gasteiger partial charge in [0, 0.05) is 18.8 Å². The van der Waals surface area contributed by atoms with Crippen LogP contribution in [-0.4, -0.2) is 36.8 Å². The van der Waals surface area contributed by atoms with E-state index in [9.17, 15) is 4.79 Å². The molecule has 0 aromatic heterocycles. The Morgan fingerprint density at radius 1 is 1.50 bits per heavy atom. The van der Waals surface area contributed by atoms with Crippen molar-refractivity contribution >= 4 is 11.6 Å². The van der Waals surface area contributed by atoms with Crippen LogP contribution in [-0.2, 0) is 4.79 Å². The zero-order valence-corrected chi connectivity index (χ0v) is 9.31.